The Kier molecular flexibility index (Phi) is 5.51. The summed E-state index contributed by atoms with van der Waals surface area (Å²) in [6, 6.07) is 6.31. The third kappa shape index (κ3) is 5.26. The molecular weight excluding hydrogens is 349 g/mol. The number of carbonyl (C=O) groups excluding carboxylic acids is 1. The van der Waals surface area contributed by atoms with E-state index in [1.807, 2.05) is 5.09 Å². The van der Waals surface area contributed by atoms with E-state index in [4.69, 9.17) is 9.79 Å². The smallest absolute Gasteiger partial charge is 0.427 e. The van der Waals surface area contributed by atoms with Crippen molar-refractivity contribution in [3.05, 3.63) is 53.3 Å². The Labute approximate surface area is 144 Å². The van der Waals surface area contributed by atoms with Crippen LogP contribution in [0, 0.1) is 0 Å². The summed E-state index contributed by atoms with van der Waals surface area (Å²) in [5.41, 5.74) is 0.254. The van der Waals surface area contributed by atoms with Crippen molar-refractivity contribution in [3.63, 3.8) is 0 Å². The zero-order valence-corrected chi connectivity index (χ0v) is 14.3. The van der Waals surface area contributed by atoms with Gasteiger partial charge in [0.2, 0.25) is 0 Å². The van der Waals surface area contributed by atoms with Gasteiger partial charge in [0.05, 0.1) is 6.42 Å². The highest BCUT2D eigenvalue weighted by atomic mass is 31.2. The van der Waals surface area contributed by atoms with Crippen molar-refractivity contribution in [2.24, 2.45) is 0 Å². The minimum Gasteiger partial charge on any atom is -0.508 e. The van der Waals surface area contributed by atoms with Gasteiger partial charge >= 0.3 is 7.75 Å². The van der Waals surface area contributed by atoms with Gasteiger partial charge in [-0.2, -0.15) is 0 Å². The van der Waals surface area contributed by atoms with E-state index >= 15 is 0 Å². The van der Waals surface area contributed by atoms with Gasteiger partial charge in [-0.25, -0.2) is 4.57 Å². The van der Waals surface area contributed by atoms with Crippen LogP contribution in [0.5, 0.6) is 5.75 Å². The Morgan fingerprint density at radius 1 is 1.28 bits per heavy atom. The van der Waals surface area contributed by atoms with Crippen LogP contribution in [0.25, 0.3) is 0 Å². The number of carbonyl (C=O) groups is 1. The first-order valence-corrected chi connectivity index (χ1v) is 9.11. The molecule has 1 atom stereocenters. The van der Waals surface area contributed by atoms with Crippen molar-refractivity contribution < 1.29 is 34.5 Å². The maximum atomic E-state index is 11.5. The van der Waals surface area contributed by atoms with Crippen LogP contribution in [0.4, 0.5) is 0 Å². The van der Waals surface area contributed by atoms with Gasteiger partial charge in [0.25, 0.3) is 0 Å². The molecule has 0 radical (unpaired) electrons. The number of phenols is 1. The first kappa shape index (κ1) is 19.4. The number of aliphatic hydroxyl groups is 2. The number of nitrogens with one attached hydrogen (secondary N) is 1. The van der Waals surface area contributed by atoms with Crippen LogP contribution < -0.4 is 5.09 Å². The van der Waals surface area contributed by atoms with Crippen LogP contribution in [0.2, 0.25) is 0 Å². The van der Waals surface area contributed by atoms with E-state index in [-0.39, 0.29) is 29.9 Å². The van der Waals surface area contributed by atoms with Crippen molar-refractivity contribution in [2.45, 2.75) is 31.5 Å². The molecule has 1 unspecified atom stereocenters. The SMILES string of the molecule is CC(CC(O)(O)C1=C(NP(=O)(O)O)CC(=O)C=C1)c1cccc(O)c1. The second-order valence-electron chi connectivity index (χ2n) is 6.04. The molecule has 0 aromatic heterocycles. The fourth-order valence-corrected chi connectivity index (χ4v) is 3.29. The Morgan fingerprint density at radius 3 is 2.56 bits per heavy atom. The number of aromatic hydroxyl groups is 1. The van der Waals surface area contributed by atoms with Crippen molar-refractivity contribution in [3.8, 4) is 5.75 Å². The van der Waals surface area contributed by atoms with Crippen molar-refractivity contribution in [1.82, 2.24) is 5.09 Å². The Bertz CT molecular complexity index is 778. The van der Waals surface area contributed by atoms with Crippen LogP contribution in [-0.4, -0.2) is 36.7 Å². The lowest BCUT2D eigenvalue weighted by Gasteiger charge is -2.30. The molecule has 0 saturated carbocycles. The van der Waals surface area contributed by atoms with E-state index in [1.165, 1.54) is 12.1 Å². The summed E-state index contributed by atoms with van der Waals surface area (Å²) >= 11 is 0. The molecule has 1 aliphatic rings. The topological polar surface area (TPSA) is 147 Å². The summed E-state index contributed by atoms with van der Waals surface area (Å²) in [5, 5.41) is 32.4. The average Bonchev–Trinajstić information content (AvgIpc) is 2.44. The predicted molar refractivity (Wildman–Crippen MR) is 89.3 cm³/mol. The van der Waals surface area contributed by atoms with Crippen molar-refractivity contribution in [2.75, 3.05) is 0 Å². The molecule has 0 aliphatic heterocycles. The molecule has 136 valence electrons. The van der Waals surface area contributed by atoms with Crippen molar-refractivity contribution in [1.29, 1.82) is 0 Å². The number of phenolic OH excluding ortho intramolecular Hbond substituents is 1. The summed E-state index contributed by atoms with van der Waals surface area (Å²) in [6.45, 7) is 1.71. The number of hydrogen-bond acceptors (Lipinski definition) is 5. The summed E-state index contributed by atoms with van der Waals surface area (Å²) in [5.74, 6) is -3.20. The van der Waals surface area contributed by atoms with E-state index in [2.05, 4.69) is 0 Å². The number of hydrogen-bond donors (Lipinski definition) is 6. The lowest BCUT2D eigenvalue weighted by atomic mass is 9.86. The minimum atomic E-state index is -4.72. The lowest BCUT2D eigenvalue weighted by Crippen LogP contribution is -2.36. The molecule has 0 bridgehead atoms. The number of allylic oxidation sites excluding steroid dienone is 2. The lowest BCUT2D eigenvalue weighted by molar-refractivity contribution is -0.134. The summed E-state index contributed by atoms with van der Waals surface area (Å²) < 4.78 is 11.2. The van der Waals surface area contributed by atoms with Crippen LogP contribution in [-0.2, 0) is 9.36 Å². The Morgan fingerprint density at radius 2 is 1.96 bits per heavy atom. The van der Waals surface area contributed by atoms with Gasteiger partial charge in [-0.1, -0.05) is 19.1 Å². The zero-order valence-electron chi connectivity index (χ0n) is 13.5. The summed E-state index contributed by atoms with van der Waals surface area (Å²) in [7, 11) is -4.72. The molecule has 9 heteroatoms. The highest BCUT2D eigenvalue weighted by Crippen LogP contribution is 2.38. The predicted octanol–water partition coefficient (Wildman–Crippen LogP) is 1.03. The minimum absolute atomic E-state index is 0.0389. The molecule has 1 aromatic rings. The van der Waals surface area contributed by atoms with E-state index in [9.17, 15) is 24.7 Å². The van der Waals surface area contributed by atoms with Gasteiger partial charge in [-0.05, 0) is 35.8 Å². The largest absolute Gasteiger partial charge is 0.508 e. The van der Waals surface area contributed by atoms with E-state index in [0.29, 0.717) is 5.56 Å². The van der Waals surface area contributed by atoms with Crippen LogP contribution >= 0.6 is 7.75 Å². The maximum absolute atomic E-state index is 11.5. The molecule has 8 nitrogen and oxygen atoms in total. The first-order chi connectivity index (χ1) is 11.5. The molecule has 1 aromatic carbocycles. The summed E-state index contributed by atoms with van der Waals surface area (Å²) in [6.07, 6.45) is 1.68. The highest BCUT2D eigenvalue weighted by Gasteiger charge is 2.35. The van der Waals surface area contributed by atoms with Gasteiger partial charge in [0.1, 0.15) is 5.75 Å². The number of rotatable bonds is 6. The van der Waals surface area contributed by atoms with Crippen LogP contribution in [0.1, 0.15) is 31.2 Å². The normalized spacial score (nSPS) is 16.9. The zero-order chi connectivity index (χ0) is 18.8. The molecule has 0 fully saturated rings. The average molecular weight is 369 g/mol. The van der Waals surface area contributed by atoms with Crippen LogP contribution in [0.3, 0.4) is 0 Å². The quantitative estimate of drug-likeness (QED) is 0.322. The molecular formula is C16H20NO7P. The molecule has 6 N–H and O–H groups in total. The second-order valence-corrected chi connectivity index (χ2v) is 7.35. The van der Waals surface area contributed by atoms with Gasteiger partial charge in [-0.3, -0.25) is 9.88 Å². The first-order valence-electron chi connectivity index (χ1n) is 7.50. The fourth-order valence-electron chi connectivity index (χ4n) is 2.74. The molecule has 0 saturated heterocycles. The molecule has 2 rings (SSSR count). The third-order valence-corrected chi connectivity index (χ3v) is 4.42. The van der Waals surface area contributed by atoms with Gasteiger partial charge in [0, 0.05) is 17.7 Å². The fraction of sp³-hybridized carbons (Fsp3) is 0.312. The third-order valence-electron chi connectivity index (χ3n) is 3.85. The summed E-state index contributed by atoms with van der Waals surface area (Å²) in [4.78, 5) is 29.6. The van der Waals surface area contributed by atoms with Gasteiger partial charge < -0.3 is 25.1 Å². The van der Waals surface area contributed by atoms with E-state index < -0.39 is 25.2 Å². The molecule has 25 heavy (non-hydrogen) atoms. The van der Waals surface area contributed by atoms with E-state index in [1.54, 1.807) is 19.1 Å². The molecule has 0 amide bonds. The molecule has 1 aliphatic carbocycles. The number of ketones is 1. The monoisotopic (exact) mass is 369 g/mol. The molecule has 0 heterocycles. The standard InChI is InChI=1S/C16H20NO7P/c1-10(11-3-2-4-12(18)7-11)9-16(20,21)14-6-5-13(19)8-15(14)17-25(22,23)24/h2-7,10,18,20-21H,8-9H2,1H3,(H3,17,22,23,24). The van der Waals surface area contributed by atoms with Crippen molar-refractivity contribution >= 4 is 13.5 Å². The number of benzene rings is 1. The van der Waals surface area contributed by atoms with Gasteiger partial charge in [-0.15, -0.1) is 0 Å². The van der Waals surface area contributed by atoms with Gasteiger partial charge in [0.15, 0.2) is 11.6 Å². The second kappa shape index (κ2) is 7.11. The van der Waals surface area contributed by atoms with E-state index in [0.717, 1.165) is 12.2 Å². The highest BCUT2D eigenvalue weighted by molar-refractivity contribution is 7.49. The Hall–Kier alpha value is -1.96. The van der Waals surface area contributed by atoms with Crippen LogP contribution in [0.15, 0.2) is 47.7 Å². The Balaban J connectivity index is 2.31. The maximum Gasteiger partial charge on any atom is 0.427 e. The molecule has 0 spiro atoms.